The Morgan fingerprint density at radius 3 is 2.76 bits per heavy atom. The summed E-state index contributed by atoms with van der Waals surface area (Å²) in [6.07, 6.45) is 3.14. The summed E-state index contributed by atoms with van der Waals surface area (Å²) in [5.41, 5.74) is 6.65. The molecule has 0 bridgehead atoms. The molecule has 2 N–H and O–H groups in total. The number of anilines is 1. The van der Waals surface area contributed by atoms with Gasteiger partial charge in [0.05, 0.1) is 24.0 Å². The standard InChI is InChI=1S/C12H10ClFN2O/c1-17-8-2-7(5-16-6-8)9-3-11(14)12(15)4-10(9)13/h2-6H,15H2,1H3. The zero-order chi connectivity index (χ0) is 12.4. The van der Waals surface area contributed by atoms with Gasteiger partial charge in [0.2, 0.25) is 0 Å². The van der Waals surface area contributed by atoms with Gasteiger partial charge in [0.15, 0.2) is 0 Å². The van der Waals surface area contributed by atoms with Crippen LogP contribution < -0.4 is 10.5 Å². The lowest BCUT2D eigenvalue weighted by molar-refractivity contribution is 0.413. The second-order valence-electron chi connectivity index (χ2n) is 3.47. The molecule has 2 aromatic rings. The molecule has 0 aliphatic carbocycles. The molecule has 0 unspecified atom stereocenters. The van der Waals surface area contributed by atoms with Crippen molar-refractivity contribution in [2.24, 2.45) is 0 Å². The zero-order valence-corrected chi connectivity index (χ0v) is 9.83. The Hall–Kier alpha value is -1.81. The van der Waals surface area contributed by atoms with Gasteiger partial charge >= 0.3 is 0 Å². The molecule has 1 aromatic carbocycles. The topological polar surface area (TPSA) is 48.1 Å². The van der Waals surface area contributed by atoms with Crippen LogP contribution in [0.4, 0.5) is 10.1 Å². The van der Waals surface area contributed by atoms with Crippen LogP contribution in [-0.2, 0) is 0 Å². The van der Waals surface area contributed by atoms with Gasteiger partial charge in [0, 0.05) is 17.3 Å². The summed E-state index contributed by atoms with van der Waals surface area (Å²) in [6, 6.07) is 4.39. The maximum absolute atomic E-state index is 13.4. The summed E-state index contributed by atoms with van der Waals surface area (Å²) in [6.45, 7) is 0. The third kappa shape index (κ3) is 2.31. The second-order valence-corrected chi connectivity index (χ2v) is 3.87. The fraction of sp³-hybridized carbons (Fsp3) is 0.0833. The van der Waals surface area contributed by atoms with Crippen LogP contribution in [0.1, 0.15) is 0 Å². The molecule has 5 heteroatoms. The van der Waals surface area contributed by atoms with E-state index in [2.05, 4.69) is 4.98 Å². The summed E-state index contributed by atoms with van der Waals surface area (Å²) in [7, 11) is 1.53. The van der Waals surface area contributed by atoms with Crippen LogP contribution >= 0.6 is 11.6 Å². The first kappa shape index (κ1) is 11.7. The summed E-state index contributed by atoms with van der Waals surface area (Å²) in [4.78, 5) is 3.99. The Bertz CT molecular complexity index is 560. The number of methoxy groups -OCH3 is 1. The van der Waals surface area contributed by atoms with E-state index >= 15 is 0 Å². The van der Waals surface area contributed by atoms with Crippen molar-refractivity contribution in [3.63, 3.8) is 0 Å². The van der Waals surface area contributed by atoms with Gasteiger partial charge < -0.3 is 10.5 Å². The Labute approximate surface area is 103 Å². The van der Waals surface area contributed by atoms with Crippen LogP contribution in [0.2, 0.25) is 5.02 Å². The maximum atomic E-state index is 13.4. The molecule has 3 nitrogen and oxygen atoms in total. The lowest BCUT2D eigenvalue weighted by Crippen LogP contribution is -1.93. The van der Waals surface area contributed by atoms with Gasteiger partial charge in [-0.25, -0.2) is 4.39 Å². The van der Waals surface area contributed by atoms with Crippen molar-refractivity contribution in [3.8, 4) is 16.9 Å². The van der Waals surface area contributed by atoms with Gasteiger partial charge in [-0.3, -0.25) is 4.98 Å². The largest absolute Gasteiger partial charge is 0.495 e. The molecular formula is C12H10ClFN2O. The van der Waals surface area contributed by atoms with Gasteiger partial charge in [0.1, 0.15) is 11.6 Å². The van der Waals surface area contributed by atoms with Crippen LogP contribution in [-0.4, -0.2) is 12.1 Å². The third-order valence-corrected chi connectivity index (χ3v) is 2.66. The van der Waals surface area contributed by atoms with Crippen molar-refractivity contribution < 1.29 is 9.13 Å². The number of nitrogens with two attached hydrogens (primary N) is 1. The highest BCUT2D eigenvalue weighted by atomic mass is 35.5. The third-order valence-electron chi connectivity index (χ3n) is 2.35. The average Bonchev–Trinajstić information content (AvgIpc) is 2.34. The highest BCUT2D eigenvalue weighted by Crippen LogP contribution is 2.32. The first-order valence-electron chi connectivity index (χ1n) is 4.85. The van der Waals surface area contributed by atoms with Crippen LogP contribution in [0.3, 0.4) is 0 Å². The van der Waals surface area contributed by atoms with Crippen LogP contribution in [0, 0.1) is 5.82 Å². The van der Waals surface area contributed by atoms with E-state index in [0.717, 1.165) is 0 Å². The smallest absolute Gasteiger partial charge is 0.146 e. The predicted octanol–water partition coefficient (Wildman–Crippen LogP) is 3.13. The number of halogens is 2. The number of aromatic nitrogens is 1. The van der Waals surface area contributed by atoms with Gasteiger partial charge in [0.25, 0.3) is 0 Å². The molecule has 0 aliphatic rings. The van der Waals surface area contributed by atoms with Gasteiger partial charge in [-0.2, -0.15) is 0 Å². The zero-order valence-electron chi connectivity index (χ0n) is 9.08. The maximum Gasteiger partial charge on any atom is 0.146 e. The van der Waals surface area contributed by atoms with E-state index in [1.165, 1.54) is 19.2 Å². The van der Waals surface area contributed by atoms with Crippen molar-refractivity contribution in [1.29, 1.82) is 0 Å². The lowest BCUT2D eigenvalue weighted by Gasteiger charge is -2.07. The van der Waals surface area contributed by atoms with Crippen molar-refractivity contribution in [3.05, 3.63) is 41.4 Å². The quantitative estimate of drug-likeness (QED) is 0.836. The SMILES string of the molecule is COc1cncc(-c2cc(F)c(N)cc2Cl)c1. The molecular weight excluding hydrogens is 243 g/mol. The first-order chi connectivity index (χ1) is 8.11. The number of hydrogen-bond donors (Lipinski definition) is 1. The number of pyridine rings is 1. The minimum Gasteiger partial charge on any atom is -0.495 e. The highest BCUT2D eigenvalue weighted by Gasteiger charge is 2.09. The molecule has 0 spiro atoms. The van der Waals surface area contributed by atoms with E-state index in [1.807, 2.05) is 0 Å². The summed E-state index contributed by atoms with van der Waals surface area (Å²) < 4.78 is 18.4. The molecule has 1 heterocycles. The Morgan fingerprint density at radius 1 is 1.29 bits per heavy atom. The van der Waals surface area contributed by atoms with Gasteiger partial charge in [-0.15, -0.1) is 0 Å². The van der Waals surface area contributed by atoms with Crippen LogP contribution in [0.5, 0.6) is 5.75 Å². The molecule has 17 heavy (non-hydrogen) atoms. The van der Waals surface area contributed by atoms with Crippen LogP contribution in [0.25, 0.3) is 11.1 Å². The van der Waals surface area contributed by atoms with E-state index in [1.54, 1.807) is 18.5 Å². The number of ether oxygens (including phenoxy) is 1. The summed E-state index contributed by atoms with van der Waals surface area (Å²) in [5.74, 6) is 0.0722. The van der Waals surface area contributed by atoms with Gasteiger partial charge in [-0.1, -0.05) is 11.6 Å². The Kier molecular flexibility index (Phi) is 3.15. The van der Waals surface area contributed by atoms with E-state index in [9.17, 15) is 4.39 Å². The highest BCUT2D eigenvalue weighted by molar-refractivity contribution is 6.33. The minimum absolute atomic E-state index is 0.0228. The molecule has 0 aliphatic heterocycles. The van der Waals surface area contributed by atoms with E-state index < -0.39 is 5.82 Å². The molecule has 0 fully saturated rings. The predicted molar refractivity (Wildman–Crippen MR) is 65.6 cm³/mol. The van der Waals surface area contributed by atoms with Crippen molar-refractivity contribution in [1.82, 2.24) is 4.98 Å². The Balaban J connectivity index is 2.56. The van der Waals surface area contributed by atoms with Gasteiger partial charge in [-0.05, 0) is 18.2 Å². The fourth-order valence-electron chi connectivity index (χ4n) is 1.46. The number of nitrogen functional groups attached to an aromatic ring is 1. The molecule has 1 aromatic heterocycles. The minimum atomic E-state index is -0.507. The first-order valence-corrected chi connectivity index (χ1v) is 5.23. The van der Waals surface area contributed by atoms with Crippen molar-refractivity contribution in [2.75, 3.05) is 12.8 Å². The fourth-order valence-corrected chi connectivity index (χ4v) is 1.74. The molecule has 0 saturated carbocycles. The lowest BCUT2D eigenvalue weighted by atomic mass is 10.1. The monoisotopic (exact) mass is 252 g/mol. The van der Waals surface area contributed by atoms with Crippen LogP contribution in [0.15, 0.2) is 30.6 Å². The Morgan fingerprint density at radius 2 is 2.06 bits per heavy atom. The number of rotatable bonds is 2. The number of nitrogens with zero attached hydrogens (tertiary/aromatic N) is 1. The molecule has 0 atom stereocenters. The number of hydrogen-bond acceptors (Lipinski definition) is 3. The number of benzene rings is 1. The van der Waals surface area contributed by atoms with E-state index in [-0.39, 0.29) is 5.69 Å². The van der Waals surface area contributed by atoms with Crippen molar-refractivity contribution >= 4 is 17.3 Å². The summed E-state index contributed by atoms with van der Waals surface area (Å²) in [5, 5.41) is 0.374. The van der Waals surface area contributed by atoms with E-state index in [4.69, 9.17) is 22.1 Å². The molecule has 2 rings (SSSR count). The molecule has 88 valence electrons. The summed E-state index contributed by atoms with van der Waals surface area (Å²) >= 11 is 6.02. The van der Waals surface area contributed by atoms with Crippen molar-refractivity contribution in [2.45, 2.75) is 0 Å². The average molecular weight is 253 g/mol. The molecule has 0 saturated heterocycles. The normalized spacial score (nSPS) is 10.3. The molecule has 0 amide bonds. The molecule has 0 radical (unpaired) electrons. The van der Waals surface area contributed by atoms with E-state index in [0.29, 0.717) is 21.9 Å². The second kappa shape index (κ2) is 4.59.